The first kappa shape index (κ1) is 15.3. The fourth-order valence-electron chi connectivity index (χ4n) is 2.88. The number of halogens is 1. The van der Waals surface area contributed by atoms with E-state index in [-0.39, 0.29) is 16.7 Å². The zero-order chi connectivity index (χ0) is 14.9. The van der Waals surface area contributed by atoms with Crippen LogP contribution in [0.1, 0.15) is 31.7 Å². The van der Waals surface area contributed by atoms with Gasteiger partial charge in [-0.25, -0.2) is 0 Å². The molecule has 2 atom stereocenters. The highest BCUT2D eigenvalue weighted by Gasteiger charge is 2.28. The van der Waals surface area contributed by atoms with Crippen LogP contribution in [0.2, 0.25) is 0 Å². The normalized spacial score (nSPS) is 20.8. The molecule has 20 heavy (non-hydrogen) atoms. The third kappa shape index (κ3) is 2.96. The van der Waals surface area contributed by atoms with E-state index in [4.69, 9.17) is 5.73 Å². The Kier molecular flexibility index (Phi) is 4.65. The summed E-state index contributed by atoms with van der Waals surface area (Å²) in [6.07, 6.45) is 3.39. The van der Waals surface area contributed by atoms with Crippen LogP contribution in [-0.2, 0) is 0 Å². The van der Waals surface area contributed by atoms with Crippen LogP contribution in [0, 0.1) is 17.0 Å². The number of benzene rings is 1. The minimum Gasteiger partial charge on any atom is -0.366 e. The van der Waals surface area contributed by atoms with Crippen molar-refractivity contribution in [3.63, 3.8) is 0 Å². The van der Waals surface area contributed by atoms with Gasteiger partial charge >= 0.3 is 0 Å². The third-order valence-corrected chi connectivity index (χ3v) is 4.56. The van der Waals surface area contributed by atoms with Gasteiger partial charge in [-0.15, -0.1) is 0 Å². The van der Waals surface area contributed by atoms with Crippen molar-refractivity contribution in [2.45, 2.75) is 45.2 Å². The molecule has 0 radical (unpaired) electrons. The first-order valence-corrected chi connectivity index (χ1v) is 7.68. The fourth-order valence-corrected chi connectivity index (χ4v) is 3.43. The molecule has 0 amide bonds. The lowest BCUT2D eigenvalue weighted by atomic mass is 9.96. The predicted octanol–water partition coefficient (Wildman–Crippen LogP) is 3.37. The lowest BCUT2D eigenvalue weighted by molar-refractivity contribution is -0.385. The van der Waals surface area contributed by atoms with E-state index in [9.17, 15) is 10.1 Å². The summed E-state index contributed by atoms with van der Waals surface area (Å²) >= 11 is 3.47. The van der Waals surface area contributed by atoms with Crippen LogP contribution >= 0.6 is 15.9 Å². The van der Waals surface area contributed by atoms with Crippen molar-refractivity contribution < 1.29 is 4.92 Å². The Morgan fingerprint density at radius 2 is 2.20 bits per heavy atom. The summed E-state index contributed by atoms with van der Waals surface area (Å²) in [6.45, 7) is 4.75. The zero-order valence-corrected chi connectivity index (χ0v) is 13.4. The Morgan fingerprint density at radius 1 is 1.50 bits per heavy atom. The Balaban J connectivity index is 2.41. The number of anilines is 1. The molecular formula is C14H20BrN3O2. The van der Waals surface area contributed by atoms with E-state index in [0.717, 1.165) is 29.5 Å². The molecule has 1 fully saturated rings. The van der Waals surface area contributed by atoms with Crippen LogP contribution in [0.3, 0.4) is 0 Å². The number of nitrogens with zero attached hydrogens (tertiary/aromatic N) is 2. The fraction of sp³-hybridized carbons (Fsp3) is 0.571. The summed E-state index contributed by atoms with van der Waals surface area (Å²) in [7, 11) is 0. The molecule has 110 valence electrons. The molecule has 0 aliphatic carbocycles. The van der Waals surface area contributed by atoms with Gasteiger partial charge in [-0.05, 0) is 55.1 Å². The molecule has 5 nitrogen and oxygen atoms in total. The maximum Gasteiger partial charge on any atom is 0.273 e. The maximum absolute atomic E-state index is 11.0. The molecule has 2 unspecified atom stereocenters. The Labute approximate surface area is 127 Å². The van der Waals surface area contributed by atoms with Crippen LogP contribution in [0.15, 0.2) is 16.6 Å². The highest BCUT2D eigenvalue weighted by Crippen LogP contribution is 2.36. The number of piperidine rings is 1. The van der Waals surface area contributed by atoms with E-state index < -0.39 is 0 Å². The van der Waals surface area contributed by atoms with E-state index in [0.29, 0.717) is 11.6 Å². The van der Waals surface area contributed by atoms with Crippen LogP contribution in [0.5, 0.6) is 0 Å². The molecule has 0 bridgehead atoms. The first-order chi connectivity index (χ1) is 9.41. The van der Waals surface area contributed by atoms with Crippen molar-refractivity contribution in [3.05, 3.63) is 32.3 Å². The topological polar surface area (TPSA) is 72.4 Å². The van der Waals surface area contributed by atoms with Gasteiger partial charge in [0.15, 0.2) is 0 Å². The molecule has 2 N–H and O–H groups in total. The minimum absolute atomic E-state index is 0.0812. The molecule has 1 aromatic carbocycles. The van der Waals surface area contributed by atoms with E-state index in [1.165, 1.54) is 6.42 Å². The maximum atomic E-state index is 11.0. The lowest BCUT2D eigenvalue weighted by Crippen LogP contribution is -2.49. The van der Waals surface area contributed by atoms with Gasteiger partial charge in [-0.3, -0.25) is 10.1 Å². The second kappa shape index (κ2) is 6.10. The highest BCUT2D eigenvalue weighted by molar-refractivity contribution is 9.10. The quantitative estimate of drug-likeness (QED) is 0.675. The lowest BCUT2D eigenvalue weighted by Gasteiger charge is -2.40. The average Bonchev–Trinajstić information content (AvgIpc) is 2.40. The minimum atomic E-state index is -0.344. The standard InChI is InChI=1S/C14H20BrN3O2/c1-9-7-14(11(15)8-13(9)18(19)20)17-6-4-3-5-12(17)10(2)16/h7-8,10,12H,3-6,16H2,1-2H3. The van der Waals surface area contributed by atoms with Crippen molar-refractivity contribution in [1.29, 1.82) is 0 Å². The molecule has 2 rings (SSSR count). The molecule has 1 aliphatic heterocycles. The Bertz CT molecular complexity index is 519. The number of rotatable bonds is 3. The van der Waals surface area contributed by atoms with E-state index in [1.807, 2.05) is 13.0 Å². The van der Waals surface area contributed by atoms with Gasteiger partial charge in [0.25, 0.3) is 5.69 Å². The van der Waals surface area contributed by atoms with Gasteiger partial charge in [0.05, 0.1) is 10.6 Å². The monoisotopic (exact) mass is 341 g/mol. The van der Waals surface area contributed by atoms with Gasteiger partial charge in [-0.2, -0.15) is 0 Å². The van der Waals surface area contributed by atoms with Crippen LogP contribution in [0.25, 0.3) is 0 Å². The predicted molar refractivity (Wildman–Crippen MR) is 84.2 cm³/mol. The molecule has 1 saturated heterocycles. The van der Waals surface area contributed by atoms with Gasteiger partial charge in [0.2, 0.25) is 0 Å². The van der Waals surface area contributed by atoms with Crippen LogP contribution in [-0.4, -0.2) is 23.6 Å². The molecule has 0 spiro atoms. The largest absolute Gasteiger partial charge is 0.366 e. The number of hydrogen-bond donors (Lipinski definition) is 1. The van der Waals surface area contributed by atoms with Crippen molar-refractivity contribution in [1.82, 2.24) is 0 Å². The highest BCUT2D eigenvalue weighted by atomic mass is 79.9. The number of aryl methyl sites for hydroxylation is 1. The van der Waals surface area contributed by atoms with Crippen LogP contribution < -0.4 is 10.6 Å². The molecule has 1 aromatic rings. The van der Waals surface area contributed by atoms with Crippen molar-refractivity contribution in [2.75, 3.05) is 11.4 Å². The Hall–Kier alpha value is -1.14. The number of nitrogens with two attached hydrogens (primary N) is 1. The molecule has 0 aromatic heterocycles. The van der Waals surface area contributed by atoms with Crippen molar-refractivity contribution >= 4 is 27.3 Å². The molecule has 1 aliphatic rings. The smallest absolute Gasteiger partial charge is 0.273 e. The summed E-state index contributed by atoms with van der Waals surface area (Å²) in [6, 6.07) is 3.86. The van der Waals surface area contributed by atoms with Gasteiger partial charge in [-0.1, -0.05) is 0 Å². The zero-order valence-electron chi connectivity index (χ0n) is 11.8. The summed E-state index contributed by atoms with van der Waals surface area (Å²) in [5.74, 6) is 0. The summed E-state index contributed by atoms with van der Waals surface area (Å²) in [5.41, 5.74) is 7.94. The van der Waals surface area contributed by atoms with Gasteiger partial charge < -0.3 is 10.6 Å². The van der Waals surface area contributed by atoms with Gasteiger partial charge in [0.1, 0.15) is 0 Å². The Morgan fingerprint density at radius 3 is 2.80 bits per heavy atom. The molecule has 0 saturated carbocycles. The average molecular weight is 342 g/mol. The summed E-state index contributed by atoms with van der Waals surface area (Å²) < 4.78 is 0.766. The van der Waals surface area contributed by atoms with Gasteiger partial charge in [0, 0.05) is 34.7 Å². The van der Waals surface area contributed by atoms with E-state index in [2.05, 4.69) is 20.8 Å². The third-order valence-electron chi connectivity index (χ3n) is 3.93. The number of nitro benzene ring substituents is 1. The molecular weight excluding hydrogens is 322 g/mol. The SMILES string of the molecule is Cc1cc(N2CCCCC2C(C)N)c(Br)cc1[N+](=O)[O-]. The molecule has 1 heterocycles. The summed E-state index contributed by atoms with van der Waals surface area (Å²) in [5, 5.41) is 11.0. The second-order valence-corrected chi connectivity index (χ2v) is 6.32. The number of nitro groups is 1. The van der Waals surface area contributed by atoms with Crippen molar-refractivity contribution in [3.8, 4) is 0 Å². The van der Waals surface area contributed by atoms with E-state index >= 15 is 0 Å². The number of hydrogen-bond acceptors (Lipinski definition) is 4. The summed E-state index contributed by atoms with van der Waals surface area (Å²) in [4.78, 5) is 12.9. The van der Waals surface area contributed by atoms with E-state index in [1.54, 1.807) is 13.0 Å². The first-order valence-electron chi connectivity index (χ1n) is 6.88. The molecule has 6 heteroatoms. The second-order valence-electron chi connectivity index (χ2n) is 5.46. The van der Waals surface area contributed by atoms with Crippen LogP contribution in [0.4, 0.5) is 11.4 Å². The van der Waals surface area contributed by atoms with Crippen molar-refractivity contribution in [2.24, 2.45) is 5.73 Å².